The van der Waals surface area contributed by atoms with Gasteiger partial charge in [-0.1, -0.05) is 0 Å². The Balaban J connectivity index is 2.43. The third-order valence-corrected chi connectivity index (χ3v) is 1.35. The van der Waals surface area contributed by atoms with E-state index in [1.165, 1.54) is 6.21 Å². The highest BCUT2D eigenvalue weighted by molar-refractivity contribution is 5.82. The van der Waals surface area contributed by atoms with Crippen molar-refractivity contribution >= 4 is 12.1 Å². The molecule has 0 radical (unpaired) electrons. The van der Waals surface area contributed by atoms with Crippen molar-refractivity contribution < 1.29 is 4.79 Å². The van der Waals surface area contributed by atoms with Gasteiger partial charge < -0.3 is 0 Å². The fourth-order valence-corrected chi connectivity index (χ4v) is 0.740. The first-order valence-electron chi connectivity index (χ1n) is 3.92. The lowest BCUT2D eigenvalue weighted by Crippen LogP contribution is -2.16. The number of hydrogen-bond acceptors (Lipinski definition) is 4. The van der Waals surface area contributed by atoms with Crippen molar-refractivity contribution in [1.82, 2.24) is 10.4 Å². The number of nitrogens with one attached hydrogen (secondary N) is 1. The van der Waals surface area contributed by atoms with Crippen molar-refractivity contribution in [3.8, 4) is 6.07 Å². The van der Waals surface area contributed by atoms with Crippen LogP contribution in [0.1, 0.15) is 12.0 Å². The van der Waals surface area contributed by atoms with E-state index in [1.54, 1.807) is 30.6 Å². The van der Waals surface area contributed by atoms with E-state index in [9.17, 15) is 4.79 Å². The van der Waals surface area contributed by atoms with Crippen LogP contribution in [0.2, 0.25) is 0 Å². The number of rotatable bonds is 3. The van der Waals surface area contributed by atoms with Crippen LogP contribution >= 0.6 is 0 Å². The number of carbonyl (C=O) groups excluding carboxylic acids is 1. The fraction of sp³-hybridized carbons (Fsp3) is 0.111. The largest absolute Gasteiger partial charge is 0.272 e. The highest BCUT2D eigenvalue weighted by Gasteiger charge is 1.94. The summed E-state index contributed by atoms with van der Waals surface area (Å²) in [5.74, 6) is -0.419. The summed E-state index contributed by atoms with van der Waals surface area (Å²) >= 11 is 0. The monoisotopic (exact) mass is 188 g/mol. The average molecular weight is 188 g/mol. The van der Waals surface area contributed by atoms with Gasteiger partial charge in [-0.3, -0.25) is 9.78 Å². The SMILES string of the molecule is N#CCC(=O)N/N=C\c1ccncc1. The predicted molar refractivity (Wildman–Crippen MR) is 50.2 cm³/mol. The number of amides is 1. The molecule has 14 heavy (non-hydrogen) atoms. The lowest BCUT2D eigenvalue weighted by molar-refractivity contribution is -0.120. The lowest BCUT2D eigenvalue weighted by atomic mass is 10.3. The highest BCUT2D eigenvalue weighted by atomic mass is 16.2. The Labute approximate surface area is 81.1 Å². The number of carbonyl (C=O) groups is 1. The summed E-state index contributed by atoms with van der Waals surface area (Å²) in [6, 6.07) is 5.22. The van der Waals surface area contributed by atoms with Crippen LogP contribution < -0.4 is 5.43 Å². The normalized spacial score (nSPS) is 9.64. The third kappa shape index (κ3) is 3.45. The summed E-state index contributed by atoms with van der Waals surface area (Å²) in [5, 5.41) is 11.8. The minimum absolute atomic E-state index is 0.187. The van der Waals surface area contributed by atoms with Gasteiger partial charge in [0, 0.05) is 12.4 Å². The van der Waals surface area contributed by atoms with E-state index < -0.39 is 5.91 Å². The second kappa shape index (κ2) is 5.43. The maximum Gasteiger partial charge on any atom is 0.254 e. The van der Waals surface area contributed by atoms with Crippen LogP contribution in [0, 0.1) is 11.3 Å². The summed E-state index contributed by atoms with van der Waals surface area (Å²) in [6.45, 7) is 0. The van der Waals surface area contributed by atoms with Gasteiger partial charge in [-0.05, 0) is 17.7 Å². The number of nitrogens with zero attached hydrogens (tertiary/aromatic N) is 3. The molecule has 0 aliphatic rings. The van der Waals surface area contributed by atoms with Crippen molar-refractivity contribution in [1.29, 1.82) is 5.26 Å². The quantitative estimate of drug-likeness (QED) is 0.552. The van der Waals surface area contributed by atoms with E-state index in [1.807, 2.05) is 0 Å². The molecular formula is C9H8N4O. The van der Waals surface area contributed by atoms with Gasteiger partial charge in [-0.25, -0.2) is 5.43 Å². The molecular weight excluding hydrogens is 180 g/mol. The first kappa shape index (κ1) is 9.86. The number of pyridine rings is 1. The molecule has 0 unspecified atom stereocenters. The van der Waals surface area contributed by atoms with Gasteiger partial charge >= 0.3 is 0 Å². The molecule has 0 saturated heterocycles. The van der Waals surface area contributed by atoms with Crippen LogP contribution in [-0.4, -0.2) is 17.1 Å². The first-order chi connectivity index (χ1) is 6.83. The first-order valence-corrected chi connectivity index (χ1v) is 3.92. The summed E-state index contributed by atoms with van der Waals surface area (Å²) in [5.41, 5.74) is 3.05. The van der Waals surface area contributed by atoms with Gasteiger partial charge in [0.05, 0.1) is 12.3 Å². The van der Waals surface area contributed by atoms with E-state index in [-0.39, 0.29) is 6.42 Å². The van der Waals surface area contributed by atoms with E-state index in [4.69, 9.17) is 5.26 Å². The van der Waals surface area contributed by atoms with Crippen LogP contribution in [0.3, 0.4) is 0 Å². The molecule has 0 aliphatic carbocycles. The van der Waals surface area contributed by atoms with Crippen molar-refractivity contribution in [2.75, 3.05) is 0 Å². The topological polar surface area (TPSA) is 78.1 Å². The van der Waals surface area contributed by atoms with Crippen LogP contribution in [0.25, 0.3) is 0 Å². The molecule has 0 atom stereocenters. The van der Waals surface area contributed by atoms with Crippen molar-refractivity contribution in [2.45, 2.75) is 6.42 Å². The smallest absolute Gasteiger partial charge is 0.254 e. The molecule has 1 rings (SSSR count). The molecule has 0 bridgehead atoms. The van der Waals surface area contributed by atoms with Gasteiger partial charge in [-0.2, -0.15) is 10.4 Å². The highest BCUT2D eigenvalue weighted by Crippen LogP contribution is 1.90. The summed E-state index contributed by atoms with van der Waals surface area (Å²) in [6.07, 6.45) is 4.54. The Bertz CT molecular complexity index is 366. The fourth-order valence-electron chi connectivity index (χ4n) is 0.740. The summed E-state index contributed by atoms with van der Waals surface area (Å²) in [4.78, 5) is 14.6. The van der Waals surface area contributed by atoms with Crippen LogP contribution in [0.15, 0.2) is 29.6 Å². The second-order valence-corrected chi connectivity index (χ2v) is 2.41. The van der Waals surface area contributed by atoms with E-state index in [2.05, 4.69) is 15.5 Å². The van der Waals surface area contributed by atoms with E-state index in [0.29, 0.717) is 0 Å². The van der Waals surface area contributed by atoms with Crippen molar-refractivity contribution in [3.63, 3.8) is 0 Å². The van der Waals surface area contributed by atoms with Crippen molar-refractivity contribution in [2.24, 2.45) is 5.10 Å². The molecule has 0 aromatic carbocycles. The Hall–Kier alpha value is -2.22. The zero-order chi connectivity index (χ0) is 10.2. The zero-order valence-corrected chi connectivity index (χ0v) is 7.34. The summed E-state index contributed by atoms with van der Waals surface area (Å²) < 4.78 is 0. The number of aromatic nitrogens is 1. The molecule has 5 nitrogen and oxygen atoms in total. The van der Waals surface area contributed by atoms with Gasteiger partial charge in [0.2, 0.25) is 0 Å². The standard InChI is InChI=1S/C9H8N4O/c10-4-1-9(14)13-12-7-8-2-5-11-6-3-8/h2-3,5-7H,1H2,(H,13,14)/b12-7-. The Morgan fingerprint density at radius 1 is 1.64 bits per heavy atom. The minimum atomic E-state index is -0.419. The number of nitriles is 1. The zero-order valence-electron chi connectivity index (χ0n) is 7.34. The molecule has 0 fully saturated rings. The molecule has 70 valence electrons. The molecule has 1 heterocycles. The van der Waals surface area contributed by atoms with Gasteiger partial charge in [-0.15, -0.1) is 0 Å². The third-order valence-electron chi connectivity index (χ3n) is 1.35. The minimum Gasteiger partial charge on any atom is -0.272 e. The maximum atomic E-state index is 10.8. The predicted octanol–water partition coefficient (Wildman–Crippen LogP) is 0.445. The van der Waals surface area contributed by atoms with E-state index >= 15 is 0 Å². The Morgan fingerprint density at radius 3 is 3.00 bits per heavy atom. The van der Waals surface area contributed by atoms with Gasteiger partial charge in [0.25, 0.3) is 5.91 Å². The average Bonchev–Trinajstić information content (AvgIpc) is 2.20. The molecule has 0 aliphatic heterocycles. The Kier molecular flexibility index (Phi) is 3.83. The Morgan fingerprint density at radius 2 is 2.36 bits per heavy atom. The molecule has 0 saturated carbocycles. The molecule has 1 aromatic rings. The molecule has 0 spiro atoms. The molecule has 1 amide bonds. The lowest BCUT2D eigenvalue weighted by Gasteiger charge is -1.92. The molecule has 5 heteroatoms. The van der Waals surface area contributed by atoms with Crippen LogP contribution in [0.4, 0.5) is 0 Å². The van der Waals surface area contributed by atoms with Crippen molar-refractivity contribution in [3.05, 3.63) is 30.1 Å². The summed E-state index contributed by atoms with van der Waals surface area (Å²) in [7, 11) is 0. The van der Waals surface area contributed by atoms with Crippen LogP contribution in [-0.2, 0) is 4.79 Å². The van der Waals surface area contributed by atoms with Crippen LogP contribution in [0.5, 0.6) is 0 Å². The van der Waals surface area contributed by atoms with Gasteiger partial charge in [0.1, 0.15) is 6.42 Å². The molecule has 1 aromatic heterocycles. The second-order valence-electron chi connectivity index (χ2n) is 2.41. The number of hydrogen-bond donors (Lipinski definition) is 1. The molecule has 1 N–H and O–H groups in total. The van der Waals surface area contributed by atoms with Gasteiger partial charge in [0.15, 0.2) is 0 Å². The van der Waals surface area contributed by atoms with E-state index in [0.717, 1.165) is 5.56 Å². The number of hydrazone groups is 1. The maximum absolute atomic E-state index is 10.8.